The highest BCUT2D eigenvalue weighted by Gasteiger charge is 2.53. The second-order valence-electron chi connectivity index (χ2n) is 8.52. The van der Waals surface area contributed by atoms with Crippen LogP contribution in [0.1, 0.15) is 24.0 Å². The van der Waals surface area contributed by atoms with Crippen molar-refractivity contribution in [3.05, 3.63) is 59.7 Å². The number of methoxy groups -OCH3 is 1. The number of carbonyl (C=O) groups excluding carboxylic acids is 2. The molecule has 6 N–H and O–H groups in total. The molecule has 0 aromatic heterocycles. The molecular weight excluding hydrogens is 504 g/mol. The van der Waals surface area contributed by atoms with E-state index >= 15 is 0 Å². The zero-order valence-electron chi connectivity index (χ0n) is 20.1. The van der Waals surface area contributed by atoms with Gasteiger partial charge in [-0.05, 0) is 47.5 Å². The van der Waals surface area contributed by atoms with Crippen LogP contribution in [0.4, 0.5) is 0 Å². The number of hydrogen-bond donors (Lipinski definition) is 6. The highest BCUT2D eigenvalue weighted by atomic mass is 16.6. The number of hydrogen-bond acceptors (Lipinski definition) is 11. The lowest BCUT2D eigenvalue weighted by atomic mass is 9.79. The van der Waals surface area contributed by atoms with Gasteiger partial charge in [0.15, 0.2) is 28.6 Å². The molecule has 0 heterocycles. The van der Waals surface area contributed by atoms with E-state index in [1.54, 1.807) is 0 Å². The van der Waals surface area contributed by atoms with Gasteiger partial charge in [0, 0.05) is 32.1 Å². The van der Waals surface area contributed by atoms with E-state index in [1.807, 2.05) is 0 Å². The Bertz CT molecular complexity index is 1180. The van der Waals surface area contributed by atoms with Gasteiger partial charge in [0.05, 0.1) is 0 Å². The average Bonchev–Trinajstić information content (AvgIpc) is 2.87. The van der Waals surface area contributed by atoms with Crippen molar-refractivity contribution in [3.63, 3.8) is 0 Å². The zero-order valence-corrected chi connectivity index (χ0v) is 20.1. The summed E-state index contributed by atoms with van der Waals surface area (Å²) in [5.41, 5.74) is -1.24. The maximum atomic E-state index is 12.4. The van der Waals surface area contributed by atoms with Gasteiger partial charge in [-0.3, -0.25) is 0 Å². The van der Waals surface area contributed by atoms with E-state index in [0.717, 1.165) is 19.3 Å². The molecule has 0 aliphatic heterocycles. The molecule has 3 rings (SSSR count). The molecule has 0 spiro atoms. The van der Waals surface area contributed by atoms with E-state index in [-0.39, 0.29) is 11.5 Å². The highest BCUT2D eigenvalue weighted by Crippen LogP contribution is 2.36. The third-order valence-corrected chi connectivity index (χ3v) is 5.96. The Morgan fingerprint density at radius 3 is 1.55 bits per heavy atom. The van der Waals surface area contributed by atoms with Gasteiger partial charge in [-0.25, -0.2) is 14.4 Å². The second kappa shape index (κ2) is 11.7. The van der Waals surface area contributed by atoms with Crippen molar-refractivity contribution in [2.45, 2.75) is 36.8 Å². The first-order chi connectivity index (χ1) is 17.9. The summed E-state index contributed by atoms with van der Waals surface area (Å²) >= 11 is 0. The largest absolute Gasteiger partial charge is 0.504 e. The summed E-state index contributed by atoms with van der Waals surface area (Å²) < 4.78 is 15.7. The lowest BCUT2D eigenvalue weighted by Gasteiger charge is -2.42. The van der Waals surface area contributed by atoms with Crippen LogP contribution >= 0.6 is 0 Å². The summed E-state index contributed by atoms with van der Waals surface area (Å²) in [6.07, 6.45) is -0.850. The molecule has 1 saturated carbocycles. The van der Waals surface area contributed by atoms with Gasteiger partial charge < -0.3 is 44.8 Å². The number of aliphatic hydroxyl groups excluding tert-OH is 1. The smallest absolute Gasteiger partial charge is 0.336 e. The summed E-state index contributed by atoms with van der Waals surface area (Å²) in [5.74, 6) is -4.86. The Hall–Kier alpha value is -4.55. The number of ether oxygens (including phenoxy) is 3. The van der Waals surface area contributed by atoms with Crippen molar-refractivity contribution in [1.82, 2.24) is 0 Å². The van der Waals surface area contributed by atoms with Crippen LogP contribution in [0.25, 0.3) is 12.2 Å². The number of carbonyl (C=O) groups is 3. The van der Waals surface area contributed by atoms with Crippen LogP contribution in [0.2, 0.25) is 0 Å². The molecule has 2 aromatic rings. The minimum atomic E-state index is -1.94. The lowest BCUT2D eigenvalue weighted by Crippen LogP contribution is -2.58. The number of carboxylic acids is 1. The molecule has 0 amide bonds. The predicted octanol–water partition coefficient (Wildman–Crippen LogP) is 1.68. The first-order valence-corrected chi connectivity index (χ1v) is 11.2. The van der Waals surface area contributed by atoms with Gasteiger partial charge in [-0.2, -0.15) is 0 Å². The van der Waals surface area contributed by atoms with Crippen LogP contribution in [-0.4, -0.2) is 79.6 Å². The normalized spacial score (nSPS) is 23.4. The van der Waals surface area contributed by atoms with Crippen LogP contribution in [0.15, 0.2) is 48.6 Å². The molecule has 0 unspecified atom stereocenters. The third kappa shape index (κ3) is 6.60. The van der Waals surface area contributed by atoms with Crippen LogP contribution in [0.5, 0.6) is 23.0 Å². The molecule has 2 aromatic carbocycles. The fourth-order valence-electron chi connectivity index (χ4n) is 3.86. The fourth-order valence-corrected chi connectivity index (χ4v) is 3.86. The number of aliphatic hydroxyl groups is 1. The Kier molecular flexibility index (Phi) is 8.61. The number of phenols is 4. The summed E-state index contributed by atoms with van der Waals surface area (Å²) in [6.45, 7) is 0. The number of esters is 2. The minimum Gasteiger partial charge on any atom is -0.504 e. The molecule has 0 saturated heterocycles. The summed E-state index contributed by atoms with van der Waals surface area (Å²) in [6, 6.07) is 7.63. The lowest BCUT2D eigenvalue weighted by molar-refractivity contribution is -0.208. The molecule has 1 aliphatic carbocycles. The van der Waals surface area contributed by atoms with Crippen molar-refractivity contribution in [2.24, 2.45) is 0 Å². The fraction of sp³-hybridized carbons (Fsp3) is 0.269. The first kappa shape index (κ1) is 28.0. The number of aliphatic carboxylic acids is 1. The Morgan fingerprint density at radius 1 is 0.789 bits per heavy atom. The van der Waals surface area contributed by atoms with Crippen LogP contribution in [-0.2, 0) is 28.6 Å². The van der Waals surface area contributed by atoms with Gasteiger partial charge in [0.25, 0.3) is 0 Å². The van der Waals surface area contributed by atoms with Crippen molar-refractivity contribution in [2.75, 3.05) is 7.11 Å². The summed E-state index contributed by atoms with van der Waals surface area (Å²) in [4.78, 5) is 36.8. The quantitative estimate of drug-likeness (QED) is 0.164. The van der Waals surface area contributed by atoms with E-state index in [2.05, 4.69) is 0 Å². The molecule has 0 bridgehead atoms. The Labute approximate surface area is 216 Å². The molecule has 12 heteroatoms. The van der Waals surface area contributed by atoms with E-state index in [0.29, 0.717) is 11.1 Å². The number of phenolic OH excluding ortho intramolecular Hbond substituents is 4. The highest BCUT2D eigenvalue weighted by molar-refractivity contribution is 5.88. The Morgan fingerprint density at radius 2 is 1.21 bits per heavy atom. The van der Waals surface area contributed by atoms with Gasteiger partial charge in [-0.1, -0.05) is 12.1 Å². The standard InChI is InChI=1S/C26H26O12/c1-36-26(25(34)35)12-20(37-22(31)8-4-14-2-6-16(27)18(29)10-14)24(33)21(13-26)38-23(32)9-5-15-3-7-17(28)19(30)11-15/h2-11,20-21,24,27-30,33H,12-13H2,1H3,(H,34,35)/b8-4+,9-5+/t20-,21-,24?,26?/m1/s1. The van der Waals surface area contributed by atoms with E-state index in [9.17, 15) is 45.0 Å². The number of rotatable bonds is 8. The van der Waals surface area contributed by atoms with E-state index < -0.39 is 66.2 Å². The van der Waals surface area contributed by atoms with Gasteiger partial charge in [0.2, 0.25) is 0 Å². The van der Waals surface area contributed by atoms with Crippen molar-refractivity contribution in [1.29, 1.82) is 0 Å². The zero-order chi connectivity index (χ0) is 28.0. The number of benzene rings is 2. The average molecular weight is 530 g/mol. The SMILES string of the molecule is COC1(C(=O)O)C[C@@H](OC(=O)/C=C/c2ccc(O)c(O)c2)C(O)[C@H](OC(=O)/C=C/c2ccc(O)c(O)c2)C1. The van der Waals surface area contributed by atoms with Crippen molar-refractivity contribution in [3.8, 4) is 23.0 Å². The number of aromatic hydroxyl groups is 4. The molecule has 202 valence electrons. The van der Waals surface area contributed by atoms with E-state index in [1.165, 1.54) is 48.6 Å². The predicted molar refractivity (Wildman–Crippen MR) is 130 cm³/mol. The Balaban J connectivity index is 1.74. The van der Waals surface area contributed by atoms with Crippen molar-refractivity contribution >= 4 is 30.1 Å². The van der Waals surface area contributed by atoms with E-state index in [4.69, 9.17) is 14.2 Å². The molecule has 12 nitrogen and oxygen atoms in total. The molecular formula is C26H26O12. The maximum Gasteiger partial charge on any atom is 0.336 e. The number of carboxylic acid groups (broad SMARTS) is 1. The minimum absolute atomic E-state index is 0.346. The van der Waals surface area contributed by atoms with Gasteiger partial charge in [0.1, 0.15) is 18.3 Å². The van der Waals surface area contributed by atoms with Gasteiger partial charge in [-0.15, -0.1) is 0 Å². The monoisotopic (exact) mass is 530 g/mol. The summed E-state index contributed by atoms with van der Waals surface area (Å²) in [5, 5.41) is 58.4. The van der Waals surface area contributed by atoms with Crippen molar-refractivity contribution < 1.29 is 59.2 Å². The molecule has 2 atom stereocenters. The summed E-state index contributed by atoms with van der Waals surface area (Å²) in [7, 11) is 1.12. The van der Waals surface area contributed by atoms with Gasteiger partial charge >= 0.3 is 17.9 Å². The molecule has 1 fully saturated rings. The molecule has 1 aliphatic rings. The van der Waals surface area contributed by atoms with Crippen LogP contribution < -0.4 is 0 Å². The molecule has 38 heavy (non-hydrogen) atoms. The first-order valence-electron chi connectivity index (χ1n) is 11.2. The second-order valence-corrected chi connectivity index (χ2v) is 8.52. The molecule has 0 radical (unpaired) electrons. The van der Waals surface area contributed by atoms with Crippen LogP contribution in [0, 0.1) is 0 Å². The van der Waals surface area contributed by atoms with Crippen LogP contribution in [0.3, 0.4) is 0 Å². The third-order valence-electron chi connectivity index (χ3n) is 5.96. The maximum absolute atomic E-state index is 12.4. The topological polar surface area (TPSA) is 200 Å².